The average Bonchev–Trinajstić information content (AvgIpc) is 2.64. The molecule has 5 nitrogen and oxygen atoms in total. The molecule has 0 saturated heterocycles. The van der Waals surface area contributed by atoms with Gasteiger partial charge in [0.2, 0.25) is 5.13 Å². The largest absolute Gasteiger partial charge is 0.341 e. The molecule has 0 aromatic carbocycles. The number of carbonyl (C=O) groups excluding carboxylic acids is 1. The van der Waals surface area contributed by atoms with Gasteiger partial charge in [0.05, 0.1) is 0 Å². The van der Waals surface area contributed by atoms with Gasteiger partial charge in [0.25, 0.3) is 0 Å². The first-order valence-electron chi connectivity index (χ1n) is 4.46. The van der Waals surface area contributed by atoms with E-state index in [1.165, 1.54) is 16.2 Å². The minimum Gasteiger partial charge on any atom is -0.341 e. The van der Waals surface area contributed by atoms with Crippen molar-refractivity contribution in [2.24, 2.45) is 0 Å². The zero-order valence-electron chi connectivity index (χ0n) is 8.57. The van der Waals surface area contributed by atoms with Crippen LogP contribution in [-0.2, 0) is 6.42 Å². The second-order valence-electron chi connectivity index (χ2n) is 2.84. The molecule has 1 aromatic heterocycles. The molecule has 0 radical (unpaired) electrons. The fraction of sp³-hybridized carbons (Fsp3) is 0.625. The zero-order valence-corrected chi connectivity index (χ0v) is 9.39. The van der Waals surface area contributed by atoms with E-state index in [4.69, 9.17) is 0 Å². The Morgan fingerprint density at radius 2 is 2.29 bits per heavy atom. The Kier molecular flexibility index (Phi) is 3.82. The summed E-state index contributed by atoms with van der Waals surface area (Å²) >= 11 is 1.45. The topological polar surface area (TPSA) is 58.1 Å². The first-order valence-corrected chi connectivity index (χ1v) is 5.28. The number of carbonyl (C=O) groups is 1. The van der Waals surface area contributed by atoms with Crippen LogP contribution in [0.5, 0.6) is 0 Å². The molecule has 6 heteroatoms. The summed E-state index contributed by atoms with van der Waals surface area (Å²) in [6.07, 6.45) is 1.96. The highest BCUT2D eigenvalue weighted by Gasteiger charge is 2.13. The summed E-state index contributed by atoms with van der Waals surface area (Å²) in [6.45, 7) is 2.09. The third-order valence-electron chi connectivity index (χ3n) is 1.73. The van der Waals surface area contributed by atoms with Gasteiger partial charge < -0.3 is 5.32 Å². The van der Waals surface area contributed by atoms with Crippen LogP contribution >= 0.6 is 11.3 Å². The molecule has 0 aliphatic heterocycles. The van der Waals surface area contributed by atoms with Gasteiger partial charge in [-0.2, -0.15) is 0 Å². The molecule has 0 aliphatic carbocycles. The number of hydrogen-bond donors (Lipinski definition) is 1. The zero-order chi connectivity index (χ0) is 10.6. The van der Waals surface area contributed by atoms with Gasteiger partial charge in [-0.25, -0.2) is 4.79 Å². The molecule has 14 heavy (non-hydrogen) atoms. The van der Waals surface area contributed by atoms with Crippen LogP contribution in [0.4, 0.5) is 9.93 Å². The first kappa shape index (κ1) is 10.9. The van der Waals surface area contributed by atoms with Crippen LogP contribution in [-0.4, -0.2) is 30.3 Å². The number of rotatable bonds is 3. The van der Waals surface area contributed by atoms with Crippen LogP contribution in [0.1, 0.15) is 18.4 Å². The van der Waals surface area contributed by atoms with E-state index in [9.17, 15) is 4.79 Å². The Hall–Kier alpha value is -1.17. The van der Waals surface area contributed by atoms with Crippen molar-refractivity contribution in [3.63, 3.8) is 0 Å². The second-order valence-corrected chi connectivity index (χ2v) is 3.88. The lowest BCUT2D eigenvalue weighted by atomic mass is 10.4. The molecule has 1 aromatic rings. The van der Waals surface area contributed by atoms with Gasteiger partial charge in [-0.15, -0.1) is 10.2 Å². The van der Waals surface area contributed by atoms with E-state index >= 15 is 0 Å². The van der Waals surface area contributed by atoms with Crippen LogP contribution in [0.2, 0.25) is 0 Å². The minimum atomic E-state index is -0.177. The highest BCUT2D eigenvalue weighted by atomic mass is 32.1. The fourth-order valence-corrected chi connectivity index (χ4v) is 1.85. The summed E-state index contributed by atoms with van der Waals surface area (Å²) in [4.78, 5) is 12.7. The van der Waals surface area contributed by atoms with Crippen molar-refractivity contribution in [3.05, 3.63) is 5.01 Å². The molecule has 0 spiro atoms. The summed E-state index contributed by atoms with van der Waals surface area (Å²) in [7, 11) is 3.27. The third-order valence-corrected chi connectivity index (χ3v) is 2.78. The molecule has 2 amide bonds. The monoisotopic (exact) mass is 214 g/mol. The number of nitrogens with one attached hydrogen (secondary N) is 1. The Labute approximate surface area is 87.1 Å². The summed E-state index contributed by atoms with van der Waals surface area (Å²) in [5, 5.41) is 12.1. The molecule has 0 atom stereocenters. The van der Waals surface area contributed by atoms with Crippen LogP contribution in [0.3, 0.4) is 0 Å². The quantitative estimate of drug-likeness (QED) is 0.824. The number of anilines is 1. The summed E-state index contributed by atoms with van der Waals surface area (Å²) in [6, 6.07) is -0.177. The number of amides is 2. The number of urea groups is 1. The minimum absolute atomic E-state index is 0.177. The molecule has 0 unspecified atom stereocenters. The van der Waals surface area contributed by atoms with Crippen LogP contribution < -0.4 is 10.2 Å². The van der Waals surface area contributed by atoms with Crippen molar-refractivity contribution in [1.29, 1.82) is 0 Å². The van der Waals surface area contributed by atoms with Crippen LogP contribution in [0.25, 0.3) is 0 Å². The van der Waals surface area contributed by atoms with Crippen molar-refractivity contribution in [3.8, 4) is 0 Å². The van der Waals surface area contributed by atoms with Gasteiger partial charge in [-0.1, -0.05) is 18.3 Å². The smallest absolute Gasteiger partial charge is 0.323 e. The first-order chi connectivity index (χ1) is 6.69. The average molecular weight is 214 g/mol. The molecular formula is C8H14N4OS. The normalized spacial score (nSPS) is 9.93. The Morgan fingerprint density at radius 1 is 1.57 bits per heavy atom. The SMILES string of the molecule is CCCc1nnc(N(C)C(=O)NC)s1. The van der Waals surface area contributed by atoms with Crippen molar-refractivity contribution in [1.82, 2.24) is 15.5 Å². The van der Waals surface area contributed by atoms with Crippen molar-refractivity contribution in [2.75, 3.05) is 19.0 Å². The van der Waals surface area contributed by atoms with E-state index in [1.807, 2.05) is 0 Å². The molecule has 1 rings (SSSR count). The fourth-order valence-electron chi connectivity index (χ4n) is 0.950. The molecule has 0 fully saturated rings. The number of hydrogen-bond acceptors (Lipinski definition) is 4. The van der Waals surface area contributed by atoms with E-state index in [0.29, 0.717) is 5.13 Å². The van der Waals surface area contributed by atoms with Gasteiger partial charge in [0, 0.05) is 20.5 Å². The number of aromatic nitrogens is 2. The standard InChI is InChI=1S/C8H14N4OS/c1-4-5-6-10-11-8(14-6)12(3)7(13)9-2/h4-5H2,1-3H3,(H,9,13). The van der Waals surface area contributed by atoms with E-state index in [0.717, 1.165) is 17.8 Å². The summed E-state index contributed by atoms with van der Waals surface area (Å²) < 4.78 is 0. The van der Waals surface area contributed by atoms with Gasteiger partial charge in [0.15, 0.2) is 0 Å². The van der Waals surface area contributed by atoms with E-state index < -0.39 is 0 Å². The molecule has 0 saturated carbocycles. The maximum Gasteiger partial charge on any atom is 0.323 e. The highest BCUT2D eigenvalue weighted by Crippen LogP contribution is 2.19. The Morgan fingerprint density at radius 3 is 2.86 bits per heavy atom. The molecular weight excluding hydrogens is 200 g/mol. The maximum absolute atomic E-state index is 11.2. The van der Waals surface area contributed by atoms with E-state index in [2.05, 4.69) is 22.4 Å². The molecule has 1 heterocycles. The van der Waals surface area contributed by atoms with E-state index in [-0.39, 0.29) is 6.03 Å². The maximum atomic E-state index is 11.2. The molecule has 78 valence electrons. The highest BCUT2D eigenvalue weighted by molar-refractivity contribution is 7.15. The van der Waals surface area contributed by atoms with Gasteiger partial charge in [-0.3, -0.25) is 4.90 Å². The number of nitrogens with zero attached hydrogens (tertiary/aromatic N) is 3. The molecule has 0 aliphatic rings. The van der Waals surface area contributed by atoms with Gasteiger partial charge >= 0.3 is 6.03 Å². The lowest BCUT2D eigenvalue weighted by Gasteiger charge is -2.11. The predicted octanol–water partition coefficient (Wildman–Crippen LogP) is 1.27. The van der Waals surface area contributed by atoms with Crippen molar-refractivity contribution < 1.29 is 4.79 Å². The van der Waals surface area contributed by atoms with Crippen LogP contribution in [0.15, 0.2) is 0 Å². The molecule has 1 N–H and O–H groups in total. The second kappa shape index (κ2) is 4.90. The lowest BCUT2D eigenvalue weighted by Crippen LogP contribution is -2.34. The predicted molar refractivity (Wildman–Crippen MR) is 56.8 cm³/mol. The Bertz CT molecular complexity index is 312. The number of aryl methyl sites for hydroxylation is 1. The van der Waals surface area contributed by atoms with Crippen molar-refractivity contribution in [2.45, 2.75) is 19.8 Å². The van der Waals surface area contributed by atoms with Crippen LogP contribution in [0, 0.1) is 0 Å². The van der Waals surface area contributed by atoms with Gasteiger partial charge in [0.1, 0.15) is 5.01 Å². The summed E-state index contributed by atoms with van der Waals surface area (Å²) in [5.74, 6) is 0. The van der Waals surface area contributed by atoms with Gasteiger partial charge in [-0.05, 0) is 6.42 Å². The Balaban J connectivity index is 2.70. The van der Waals surface area contributed by atoms with Crippen molar-refractivity contribution >= 4 is 22.5 Å². The summed E-state index contributed by atoms with van der Waals surface area (Å²) in [5.41, 5.74) is 0. The third kappa shape index (κ3) is 2.41. The molecule has 0 bridgehead atoms. The lowest BCUT2D eigenvalue weighted by molar-refractivity contribution is 0.249. The van der Waals surface area contributed by atoms with E-state index in [1.54, 1.807) is 14.1 Å².